The third-order valence-electron chi connectivity index (χ3n) is 4.06. The highest BCUT2D eigenvalue weighted by Gasteiger charge is 2.13. The monoisotopic (exact) mass is 275 g/mol. The third kappa shape index (κ3) is 2.35. The van der Waals surface area contributed by atoms with E-state index >= 15 is 0 Å². The normalized spacial score (nSPS) is 14.8. The predicted molar refractivity (Wildman–Crippen MR) is 86.4 cm³/mol. The summed E-state index contributed by atoms with van der Waals surface area (Å²) in [4.78, 5) is 11.7. The topological polar surface area (TPSA) is 29.0 Å². The number of para-hydroxylation sites is 2. The first-order valence-corrected chi connectivity index (χ1v) is 7.47. The molecule has 0 aliphatic carbocycles. The molecular formula is C18H17N3. The molecule has 21 heavy (non-hydrogen) atoms. The van der Waals surface area contributed by atoms with Crippen LogP contribution >= 0.6 is 0 Å². The van der Waals surface area contributed by atoms with E-state index < -0.39 is 0 Å². The van der Waals surface area contributed by atoms with Gasteiger partial charge in [0.15, 0.2) is 0 Å². The number of hydrogen-bond donors (Lipinski definition) is 0. The van der Waals surface area contributed by atoms with Gasteiger partial charge in [0, 0.05) is 24.3 Å². The highest BCUT2D eigenvalue weighted by Crippen LogP contribution is 2.26. The zero-order valence-electron chi connectivity index (χ0n) is 11.9. The van der Waals surface area contributed by atoms with E-state index in [4.69, 9.17) is 4.98 Å². The van der Waals surface area contributed by atoms with Crippen LogP contribution in [0.25, 0.3) is 22.3 Å². The molecule has 0 unspecified atom stereocenters. The molecule has 1 saturated heterocycles. The molecule has 3 nitrogen and oxygen atoms in total. The van der Waals surface area contributed by atoms with Crippen molar-refractivity contribution >= 4 is 16.7 Å². The highest BCUT2D eigenvalue weighted by atomic mass is 15.1. The van der Waals surface area contributed by atoms with Crippen molar-refractivity contribution in [2.45, 2.75) is 12.8 Å². The predicted octanol–water partition coefficient (Wildman–Crippen LogP) is 3.90. The van der Waals surface area contributed by atoms with Crippen molar-refractivity contribution in [3.8, 4) is 11.3 Å². The molecule has 0 radical (unpaired) electrons. The molecule has 3 heteroatoms. The number of rotatable bonds is 2. The molecule has 1 fully saturated rings. The summed E-state index contributed by atoms with van der Waals surface area (Å²) in [6.45, 7) is 2.32. The molecule has 1 aromatic heterocycles. The Morgan fingerprint density at radius 1 is 0.857 bits per heavy atom. The molecule has 0 spiro atoms. The number of hydrogen-bond acceptors (Lipinski definition) is 3. The minimum Gasteiger partial charge on any atom is -0.372 e. The summed E-state index contributed by atoms with van der Waals surface area (Å²) in [7, 11) is 0. The maximum Gasteiger partial charge on any atom is 0.0894 e. The van der Waals surface area contributed by atoms with E-state index in [0.29, 0.717) is 0 Å². The van der Waals surface area contributed by atoms with Crippen LogP contribution in [0, 0.1) is 0 Å². The maximum absolute atomic E-state index is 4.73. The van der Waals surface area contributed by atoms with Crippen LogP contribution in [0.15, 0.2) is 54.7 Å². The highest BCUT2D eigenvalue weighted by molar-refractivity contribution is 5.77. The Morgan fingerprint density at radius 3 is 2.52 bits per heavy atom. The molecule has 104 valence electrons. The largest absolute Gasteiger partial charge is 0.372 e. The quantitative estimate of drug-likeness (QED) is 0.710. The molecule has 3 aromatic rings. The Bertz CT molecular complexity index is 776. The van der Waals surface area contributed by atoms with Gasteiger partial charge in [-0.3, -0.25) is 4.98 Å². The van der Waals surface area contributed by atoms with Crippen LogP contribution in [0.5, 0.6) is 0 Å². The van der Waals surface area contributed by atoms with Gasteiger partial charge in [-0.15, -0.1) is 0 Å². The fourth-order valence-corrected chi connectivity index (χ4v) is 2.93. The number of fused-ring (bicyclic) bond motifs is 1. The fourth-order valence-electron chi connectivity index (χ4n) is 2.93. The van der Waals surface area contributed by atoms with Crippen LogP contribution < -0.4 is 4.90 Å². The molecule has 0 amide bonds. The van der Waals surface area contributed by atoms with E-state index in [1.165, 1.54) is 18.5 Å². The number of aromatic nitrogens is 2. The van der Waals surface area contributed by atoms with Crippen molar-refractivity contribution in [3.05, 3.63) is 54.7 Å². The van der Waals surface area contributed by atoms with Gasteiger partial charge in [0.1, 0.15) is 0 Å². The summed E-state index contributed by atoms with van der Waals surface area (Å²) in [6.07, 6.45) is 4.45. The smallest absolute Gasteiger partial charge is 0.0894 e. The second-order valence-electron chi connectivity index (χ2n) is 5.49. The van der Waals surface area contributed by atoms with E-state index in [0.717, 1.165) is 35.4 Å². The van der Waals surface area contributed by atoms with E-state index in [9.17, 15) is 0 Å². The SMILES string of the molecule is c1cc(-c2cnc3ccccc3n2)cc(N2CCCC2)c1. The number of benzene rings is 2. The Kier molecular flexibility index (Phi) is 3.03. The van der Waals surface area contributed by atoms with Gasteiger partial charge in [0.2, 0.25) is 0 Å². The molecule has 2 heterocycles. The average Bonchev–Trinajstić information content (AvgIpc) is 3.09. The summed E-state index contributed by atoms with van der Waals surface area (Å²) in [5, 5.41) is 0. The lowest BCUT2D eigenvalue weighted by molar-refractivity contribution is 0.949. The van der Waals surface area contributed by atoms with Crippen LogP contribution in [0.3, 0.4) is 0 Å². The van der Waals surface area contributed by atoms with Gasteiger partial charge in [-0.05, 0) is 37.1 Å². The van der Waals surface area contributed by atoms with Crippen molar-refractivity contribution in [2.75, 3.05) is 18.0 Å². The zero-order chi connectivity index (χ0) is 14.1. The lowest BCUT2D eigenvalue weighted by Gasteiger charge is -2.18. The maximum atomic E-state index is 4.73. The van der Waals surface area contributed by atoms with E-state index in [-0.39, 0.29) is 0 Å². The first-order valence-electron chi connectivity index (χ1n) is 7.47. The Hall–Kier alpha value is -2.42. The molecule has 0 atom stereocenters. The summed E-state index contributed by atoms with van der Waals surface area (Å²) in [5.74, 6) is 0. The Labute approximate surface area is 124 Å². The van der Waals surface area contributed by atoms with Gasteiger partial charge in [0.05, 0.1) is 22.9 Å². The minimum absolute atomic E-state index is 0.940. The minimum atomic E-state index is 0.940. The third-order valence-corrected chi connectivity index (χ3v) is 4.06. The van der Waals surface area contributed by atoms with Crippen molar-refractivity contribution in [1.82, 2.24) is 9.97 Å². The van der Waals surface area contributed by atoms with Crippen LogP contribution in [0.2, 0.25) is 0 Å². The van der Waals surface area contributed by atoms with E-state index in [1.54, 1.807) is 0 Å². The molecule has 0 N–H and O–H groups in total. The molecule has 1 aliphatic rings. The lowest BCUT2D eigenvalue weighted by Crippen LogP contribution is -2.17. The second-order valence-corrected chi connectivity index (χ2v) is 5.49. The van der Waals surface area contributed by atoms with Crippen molar-refractivity contribution in [3.63, 3.8) is 0 Å². The average molecular weight is 275 g/mol. The van der Waals surface area contributed by atoms with Crippen molar-refractivity contribution < 1.29 is 0 Å². The van der Waals surface area contributed by atoms with E-state index in [1.807, 2.05) is 30.5 Å². The molecule has 0 saturated carbocycles. The van der Waals surface area contributed by atoms with Gasteiger partial charge in [-0.2, -0.15) is 0 Å². The summed E-state index contributed by atoms with van der Waals surface area (Å²) in [5.41, 5.74) is 5.26. The number of anilines is 1. The van der Waals surface area contributed by atoms with Gasteiger partial charge in [0.25, 0.3) is 0 Å². The number of nitrogens with zero attached hydrogens (tertiary/aromatic N) is 3. The standard InChI is InChI=1S/C18H17N3/c1-2-9-17-16(8-1)19-13-18(20-17)14-6-5-7-15(12-14)21-10-3-4-11-21/h1-2,5-9,12-13H,3-4,10-11H2. The van der Waals surface area contributed by atoms with Crippen LogP contribution in [0.4, 0.5) is 5.69 Å². The fraction of sp³-hybridized carbons (Fsp3) is 0.222. The van der Waals surface area contributed by atoms with Crippen molar-refractivity contribution in [1.29, 1.82) is 0 Å². The molecule has 0 bridgehead atoms. The van der Waals surface area contributed by atoms with Crippen LogP contribution in [-0.2, 0) is 0 Å². The molecule has 4 rings (SSSR count). The second kappa shape index (κ2) is 5.17. The Balaban J connectivity index is 1.75. The summed E-state index contributed by atoms with van der Waals surface area (Å²) in [6, 6.07) is 16.6. The van der Waals surface area contributed by atoms with Crippen LogP contribution in [-0.4, -0.2) is 23.1 Å². The summed E-state index contributed by atoms with van der Waals surface area (Å²) < 4.78 is 0. The summed E-state index contributed by atoms with van der Waals surface area (Å²) >= 11 is 0. The first kappa shape index (κ1) is 12.3. The van der Waals surface area contributed by atoms with Gasteiger partial charge in [-0.25, -0.2) is 4.98 Å². The first-order chi connectivity index (χ1) is 10.4. The van der Waals surface area contributed by atoms with Gasteiger partial charge >= 0.3 is 0 Å². The lowest BCUT2D eigenvalue weighted by atomic mass is 10.1. The molecule has 2 aromatic carbocycles. The van der Waals surface area contributed by atoms with Crippen LogP contribution in [0.1, 0.15) is 12.8 Å². The van der Waals surface area contributed by atoms with Gasteiger partial charge < -0.3 is 4.90 Å². The molecule has 1 aliphatic heterocycles. The van der Waals surface area contributed by atoms with Crippen molar-refractivity contribution in [2.24, 2.45) is 0 Å². The zero-order valence-corrected chi connectivity index (χ0v) is 11.9. The Morgan fingerprint density at radius 2 is 1.67 bits per heavy atom. The molecular weight excluding hydrogens is 258 g/mol. The van der Waals surface area contributed by atoms with E-state index in [2.05, 4.69) is 34.1 Å². The van der Waals surface area contributed by atoms with Gasteiger partial charge in [-0.1, -0.05) is 24.3 Å².